The zero-order valence-electron chi connectivity index (χ0n) is 15.7. The summed E-state index contributed by atoms with van der Waals surface area (Å²) in [6, 6.07) is 17.3. The van der Waals surface area contributed by atoms with Crippen LogP contribution in [0.4, 0.5) is 15.9 Å². The SMILES string of the molecule is COc1ccc(-c2nc(Nc3ccc(F)cc3Cl)c3ccccc3n2)cc1OC. The van der Waals surface area contributed by atoms with E-state index in [-0.39, 0.29) is 5.02 Å². The summed E-state index contributed by atoms with van der Waals surface area (Å²) < 4.78 is 24.1. The van der Waals surface area contributed by atoms with Gasteiger partial charge in [0.1, 0.15) is 11.6 Å². The molecule has 0 fully saturated rings. The number of para-hydroxylation sites is 1. The van der Waals surface area contributed by atoms with Crippen molar-refractivity contribution in [2.45, 2.75) is 0 Å². The molecular weight excluding hydrogens is 393 g/mol. The third kappa shape index (κ3) is 3.79. The van der Waals surface area contributed by atoms with E-state index in [1.165, 1.54) is 12.1 Å². The summed E-state index contributed by atoms with van der Waals surface area (Å²) in [5.74, 6) is 1.87. The van der Waals surface area contributed by atoms with E-state index in [1.807, 2.05) is 36.4 Å². The first kappa shape index (κ1) is 19.0. The number of anilines is 2. The smallest absolute Gasteiger partial charge is 0.162 e. The van der Waals surface area contributed by atoms with Crippen molar-refractivity contribution in [3.8, 4) is 22.9 Å². The highest BCUT2D eigenvalue weighted by Gasteiger charge is 2.13. The zero-order chi connectivity index (χ0) is 20.4. The number of hydrogen-bond acceptors (Lipinski definition) is 5. The fraction of sp³-hybridized carbons (Fsp3) is 0.0909. The van der Waals surface area contributed by atoms with Crippen molar-refractivity contribution in [1.29, 1.82) is 0 Å². The minimum Gasteiger partial charge on any atom is -0.493 e. The van der Waals surface area contributed by atoms with Crippen LogP contribution < -0.4 is 14.8 Å². The molecule has 0 spiro atoms. The molecule has 4 aromatic rings. The van der Waals surface area contributed by atoms with Crippen molar-refractivity contribution in [3.05, 3.63) is 71.5 Å². The maximum atomic E-state index is 13.4. The van der Waals surface area contributed by atoms with Crippen LogP contribution >= 0.6 is 11.6 Å². The van der Waals surface area contributed by atoms with Crippen molar-refractivity contribution in [2.75, 3.05) is 19.5 Å². The molecule has 0 amide bonds. The molecule has 1 heterocycles. The van der Waals surface area contributed by atoms with Gasteiger partial charge < -0.3 is 14.8 Å². The quantitative estimate of drug-likeness (QED) is 0.448. The molecule has 0 atom stereocenters. The maximum Gasteiger partial charge on any atom is 0.162 e. The van der Waals surface area contributed by atoms with Crippen LogP contribution in [0.3, 0.4) is 0 Å². The Morgan fingerprint density at radius 2 is 1.69 bits per heavy atom. The van der Waals surface area contributed by atoms with Gasteiger partial charge in [0.2, 0.25) is 0 Å². The molecule has 0 unspecified atom stereocenters. The number of fused-ring (bicyclic) bond motifs is 1. The normalized spacial score (nSPS) is 10.8. The molecule has 1 N–H and O–H groups in total. The molecule has 0 bridgehead atoms. The first-order chi connectivity index (χ1) is 14.1. The van der Waals surface area contributed by atoms with E-state index in [1.54, 1.807) is 26.4 Å². The van der Waals surface area contributed by atoms with Gasteiger partial charge in [-0.2, -0.15) is 0 Å². The Morgan fingerprint density at radius 3 is 2.45 bits per heavy atom. The number of nitrogens with one attached hydrogen (secondary N) is 1. The molecule has 146 valence electrons. The number of rotatable bonds is 5. The number of benzene rings is 3. The van der Waals surface area contributed by atoms with Crippen molar-refractivity contribution >= 4 is 34.0 Å². The Labute approximate surface area is 172 Å². The molecule has 5 nitrogen and oxygen atoms in total. The predicted molar refractivity (Wildman–Crippen MR) is 113 cm³/mol. The summed E-state index contributed by atoms with van der Waals surface area (Å²) in [4.78, 5) is 9.36. The molecule has 29 heavy (non-hydrogen) atoms. The van der Waals surface area contributed by atoms with Gasteiger partial charge in [-0.15, -0.1) is 0 Å². The van der Waals surface area contributed by atoms with E-state index >= 15 is 0 Å². The second-order valence-electron chi connectivity index (χ2n) is 6.23. The molecule has 0 saturated heterocycles. The lowest BCUT2D eigenvalue weighted by Crippen LogP contribution is -2.00. The van der Waals surface area contributed by atoms with Crippen molar-refractivity contribution in [1.82, 2.24) is 9.97 Å². The zero-order valence-corrected chi connectivity index (χ0v) is 16.5. The second-order valence-corrected chi connectivity index (χ2v) is 6.64. The highest BCUT2D eigenvalue weighted by Crippen LogP contribution is 2.34. The Kier molecular flexibility index (Phi) is 5.18. The first-order valence-corrected chi connectivity index (χ1v) is 9.18. The van der Waals surface area contributed by atoms with Crippen molar-refractivity contribution in [2.24, 2.45) is 0 Å². The summed E-state index contributed by atoms with van der Waals surface area (Å²) in [5.41, 5.74) is 2.07. The molecule has 4 rings (SSSR count). The molecule has 0 aliphatic rings. The van der Waals surface area contributed by atoms with Gasteiger partial charge >= 0.3 is 0 Å². The van der Waals surface area contributed by atoms with Crippen LogP contribution in [0.25, 0.3) is 22.3 Å². The lowest BCUT2D eigenvalue weighted by atomic mass is 10.1. The van der Waals surface area contributed by atoms with E-state index in [0.29, 0.717) is 28.8 Å². The van der Waals surface area contributed by atoms with Crippen LogP contribution in [0.5, 0.6) is 11.5 Å². The Bertz CT molecular complexity index is 1200. The largest absolute Gasteiger partial charge is 0.493 e. The number of ether oxygens (including phenoxy) is 2. The minimum absolute atomic E-state index is 0.264. The van der Waals surface area contributed by atoms with E-state index in [0.717, 1.165) is 16.5 Å². The summed E-state index contributed by atoms with van der Waals surface area (Å²) in [5, 5.41) is 4.28. The molecule has 7 heteroatoms. The standard InChI is InChI=1S/C22H17ClFN3O2/c1-28-19-10-7-13(11-20(19)29-2)21-25-17-6-4-3-5-15(17)22(27-21)26-18-9-8-14(24)12-16(18)23/h3-12H,1-2H3,(H,25,26,27). The number of nitrogens with zero attached hydrogens (tertiary/aromatic N) is 2. The van der Waals surface area contributed by atoms with Crippen LogP contribution in [0.1, 0.15) is 0 Å². The Balaban J connectivity index is 1.85. The van der Waals surface area contributed by atoms with Crippen molar-refractivity contribution < 1.29 is 13.9 Å². The summed E-state index contributed by atoms with van der Waals surface area (Å²) in [6.45, 7) is 0. The van der Waals surface area contributed by atoms with Gasteiger partial charge in [-0.25, -0.2) is 14.4 Å². The third-order valence-electron chi connectivity index (χ3n) is 4.43. The van der Waals surface area contributed by atoms with Crippen LogP contribution in [0.15, 0.2) is 60.7 Å². The number of hydrogen-bond donors (Lipinski definition) is 1. The monoisotopic (exact) mass is 409 g/mol. The van der Waals surface area contributed by atoms with Gasteiger partial charge in [0.05, 0.1) is 30.4 Å². The van der Waals surface area contributed by atoms with Gasteiger partial charge in [-0.1, -0.05) is 23.7 Å². The van der Waals surface area contributed by atoms with Gasteiger partial charge in [0.15, 0.2) is 17.3 Å². The lowest BCUT2D eigenvalue weighted by Gasteiger charge is -2.13. The van der Waals surface area contributed by atoms with Gasteiger partial charge in [0.25, 0.3) is 0 Å². The molecule has 0 saturated carbocycles. The Hall–Kier alpha value is -3.38. The van der Waals surface area contributed by atoms with E-state index in [4.69, 9.17) is 21.1 Å². The average molecular weight is 410 g/mol. The number of halogens is 2. The van der Waals surface area contributed by atoms with E-state index in [9.17, 15) is 4.39 Å². The van der Waals surface area contributed by atoms with Crippen LogP contribution in [0.2, 0.25) is 5.02 Å². The third-order valence-corrected chi connectivity index (χ3v) is 4.74. The highest BCUT2D eigenvalue weighted by atomic mass is 35.5. The first-order valence-electron chi connectivity index (χ1n) is 8.80. The molecular formula is C22H17ClFN3O2. The maximum absolute atomic E-state index is 13.4. The second kappa shape index (κ2) is 7.93. The average Bonchev–Trinajstić information content (AvgIpc) is 2.75. The summed E-state index contributed by atoms with van der Waals surface area (Å²) in [7, 11) is 3.16. The number of methoxy groups -OCH3 is 2. The summed E-state index contributed by atoms with van der Waals surface area (Å²) >= 11 is 6.18. The van der Waals surface area contributed by atoms with E-state index in [2.05, 4.69) is 15.3 Å². The topological polar surface area (TPSA) is 56.3 Å². The van der Waals surface area contributed by atoms with Crippen LogP contribution in [0, 0.1) is 5.82 Å². The highest BCUT2D eigenvalue weighted by molar-refractivity contribution is 6.33. The van der Waals surface area contributed by atoms with Crippen LogP contribution in [-0.2, 0) is 0 Å². The molecule has 0 radical (unpaired) electrons. The van der Waals surface area contributed by atoms with Crippen LogP contribution in [-0.4, -0.2) is 24.2 Å². The van der Waals surface area contributed by atoms with Gasteiger partial charge in [-0.3, -0.25) is 0 Å². The minimum atomic E-state index is -0.404. The Morgan fingerprint density at radius 1 is 0.897 bits per heavy atom. The molecule has 0 aliphatic heterocycles. The predicted octanol–water partition coefficient (Wildman–Crippen LogP) is 5.85. The molecule has 0 aliphatic carbocycles. The molecule has 1 aromatic heterocycles. The lowest BCUT2D eigenvalue weighted by molar-refractivity contribution is 0.355. The fourth-order valence-electron chi connectivity index (χ4n) is 2.99. The summed E-state index contributed by atoms with van der Waals surface area (Å²) in [6.07, 6.45) is 0. The van der Waals surface area contributed by atoms with Gasteiger partial charge in [-0.05, 0) is 48.5 Å². The molecule has 3 aromatic carbocycles. The fourth-order valence-corrected chi connectivity index (χ4v) is 3.21. The van der Waals surface area contributed by atoms with Gasteiger partial charge in [0, 0.05) is 10.9 Å². The van der Waals surface area contributed by atoms with E-state index < -0.39 is 5.82 Å². The van der Waals surface area contributed by atoms with Crippen molar-refractivity contribution in [3.63, 3.8) is 0 Å². The number of aromatic nitrogens is 2.